The van der Waals surface area contributed by atoms with Crippen LogP contribution in [0.15, 0.2) is 72.8 Å². The number of hydrogen-bond donors (Lipinski definition) is 0. The number of ether oxygens (including phenoxy) is 2. The second-order valence-electron chi connectivity index (χ2n) is 8.30. The number of fused-ring (bicyclic) bond motifs is 2. The lowest BCUT2D eigenvalue weighted by molar-refractivity contribution is -0.385. The molecule has 3 aromatic rings. The number of carbonyl (C=O) groups is 3. The van der Waals surface area contributed by atoms with Crippen LogP contribution in [-0.4, -0.2) is 53.8 Å². The van der Waals surface area contributed by atoms with Crippen molar-refractivity contribution in [2.45, 2.75) is 0 Å². The third kappa shape index (κ3) is 4.64. The first-order valence-electron chi connectivity index (χ1n) is 11.5. The molecule has 2 aliphatic rings. The summed E-state index contributed by atoms with van der Waals surface area (Å²) >= 11 is 0. The number of rotatable bonds is 7. The lowest BCUT2D eigenvalue weighted by atomic mass is 10.1. The molecule has 0 spiro atoms. The Morgan fingerprint density at radius 1 is 0.973 bits per heavy atom. The first-order chi connectivity index (χ1) is 17.9. The van der Waals surface area contributed by atoms with Gasteiger partial charge in [0.2, 0.25) is 5.91 Å². The molecule has 0 saturated heterocycles. The van der Waals surface area contributed by atoms with E-state index in [2.05, 4.69) is 0 Å². The predicted molar refractivity (Wildman–Crippen MR) is 134 cm³/mol. The van der Waals surface area contributed by atoms with E-state index >= 15 is 0 Å². The van der Waals surface area contributed by atoms with E-state index in [0.29, 0.717) is 30.4 Å². The molecule has 0 unspecified atom stereocenters. The minimum absolute atomic E-state index is 0.0955. The van der Waals surface area contributed by atoms with Crippen molar-refractivity contribution >= 4 is 35.2 Å². The average Bonchev–Trinajstić information content (AvgIpc) is 3.16. The molecule has 186 valence electrons. The summed E-state index contributed by atoms with van der Waals surface area (Å²) in [6.07, 6.45) is 3.64. The summed E-state index contributed by atoms with van der Waals surface area (Å²) in [7, 11) is 0. The van der Waals surface area contributed by atoms with Gasteiger partial charge in [-0.05, 0) is 23.8 Å². The zero-order valence-electron chi connectivity index (χ0n) is 19.5. The molecule has 2 aliphatic heterocycles. The van der Waals surface area contributed by atoms with Gasteiger partial charge in [-0.2, -0.15) is 0 Å². The average molecular weight is 499 g/mol. The van der Waals surface area contributed by atoms with Crippen molar-refractivity contribution in [3.05, 3.63) is 99.6 Å². The summed E-state index contributed by atoms with van der Waals surface area (Å²) in [6.45, 7) is 0.334. The molecule has 0 aliphatic carbocycles. The van der Waals surface area contributed by atoms with Crippen molar-refractivity contribution in [3.63, 3.8) is 0 Å². The number of amides is 3. The van der Waals surface area contributed by atoms with Crippen molar-refractivity contribution in [1.29, 1.82) is 0 Å². The number of nitro benzene ring substituents is 1. The molecular formula is C27H21N3O7. The minimum Gasteiger partial charge on any atom is -0.486 e. The van der Waals surface area contributed by atoms with Gasteiger partial charge < -0.3 is 14.4 Å². The molecule has 3 amide bonds. The largest absolute Gasteiger partial charge is 0.486 e. The van der Waals surface area contributed by atoms with Crippen LogP contribution in [0.25, 0.3) is 6.08 Å². The SMILES string of the molecule is O=C1c2cccc([N+](=O)[O-])c2C(=O)N1CC(=O)N(C/C=C/c1ccccc1)c1ccc2c(c1)OCCO2. The van der Waals surface area contributed by atoms with Crippen molar-refractivity contribution in [2.75, 3.05) is 31.2 Å². The summed E-state index contributed by atoms with van der Waals surface area (Å²) in [5.74, 6) is -1.15. The Bertz CT molecular complexity index is 1440. The number of hydrogen-bond acceptors (Lipinski definition) is 7. The van der Waals surface area contributed by atoms with E-state index in [4.69, 9.17) is 9.47 Å². The molecule has 0 aromatic heterocycles. The molecule has 0 N–H and O–H groups in total. The van der Waals surface area contributed by atoms with E-state index in [-0.39, 0.29) is 17.7 Å². The Balaban J connectivity index is 1.43. The van der Waals surface area contributed by atoms with Gasteiger partial charge in [-0.1, -0.05) is 48.6 Å². The highest BCUT2D eigenvalue weighted by Gasteiger charge is 2.42. The van der Waals surface area contributed by atoms with Gasteiger partial charge in [-0.3, -0.25) is 29.4 Å². The van der Waals surface area contributed by atoms with E-state index in [9.17, 15) is 24.5 Å². The van der Waals surface area contributed by atoms with E-state index in [1.165, 1.54) is 17.0 Å². The van der Waals surface area contributed by atoms with Gasteiger partial charge in [0.05, 0.1) is 10.5 Å². The van der Waals surface area contributed by atoms with Crippen LogP contribution in [0.1, 0.15) is 26.3 Å². The molecule has 37 heavy (non-hydrogen) atoms. The molecule has 5 rings (SSSR count). The number of benzene rings is 3. The van der Waals surface area contributed by atoms with Crippen molar-refractivity contribution < 1.29 is 28.8 Å². The first-order valence-corrected chi connectivity index (χ1v) is 11.5. The summed E-state index contributed by atoms with van der Waals surface area (Å²) in [4.78, 5) is 52.3. The van der Waals surface area contributed by atoms with Gasteiger partial charge in [0.15, 0.2) is 11.5 Å². The monoisotopic (exact) mass is 499 g/mol. The molecule has 0 saturated carbocycles. The predicted octanol–water partition coefficient (Wildman–Crippen LogP) is 3.71. The third-order valence-corrected chi connectivity index (χ3v) is 6.00. The highest BCUT2D eigenvalue weighted by atomic mass is 16.6. The lowest BCUT2D eigenvalue weighted by Gasteiger charge is -2.26. The maximum absolute atomic E-state index is 13.5. The highest BCUT2D eigenvalue weighted by molar-refractivity contribution is 6.24. The van der Waals surface area contributed by atoms with Crippen LogP contribution >= 0.6 is 0 Å². The first kappa shape index (κ1) is 23.7. The smallest absolute Gasteiger partial charge is 0.282 e. The van der Waals surface area contributed by atoms with Crippen LogP contribution in [0.5, 0.6) is 11.5 Å². The standard InChI is InChI=1S/C27H21N3O7/c31-24(17-29-26(32)20-9-4-10-21(30(34)35)25(20)27(29)33)28(13-5-8-18-6-2-1-3-7-18)19-11-12-22-23(16-19)37-15-14-36-22/h1-12,16H,13-15,17H2/b8-5+. The Morgan fingerprint density at radius 3 is 2.49 bits per heavy atom. The number of nitrogens with zero attached hydrogens (tertiary/aromatic N) is 3. The van der Waals surface area contributed by atoms with E-state index in [1.54, 1.807) is 24.3 Å². The molecule has 0 atom stereocenters. The van der Waals surface area contributed by atoms with Gasteiger partial charge in [-0.25, -0.2) is 0 Å². The molecule has 10 nitrogen and oxygen atoms in total. The summed E-state index contributed by atoms with van der Waals surface area (Å²) in [6, 6.07) is 18.4. The van der Waals surface area contributed by atoms with Crippen LogP contribution in [0, 0.1) is 10.1 Å². The van der Waals surface area contributed by atoms with Crippen LogP contribution < -0.4 is 14.4 Å². The quantitative estimate of drug-likeness (QED) is 0.276. The zero-order chi connectivity index (χ0) is 25.9. The molecule has 0 fully saturated rings. The Labute approximate surface area is 211 Å². The molecule has 10 heteroatoms. The summed E-state index contributed by atoms with van der Waals surface area (Å²) in [5, 5.41) is 11.4. The molecular weight excluding hydrogens is 478 g/mol. The number of carbonyl (C=O) groups excluding carboxylic acids is 3. The molecule has 3 aromatic carbocycles. The van der Waals surface area contributed by atoms with Gasteiger partial charge in [0.25, 0.3) is 17.5 Å². The summed E-state index contributed by atoms with van der Waals surface area (Å²) < 4.78 is 11.2. The highest BCUT2D eigenvalue weighted by Crippen LogP contribution is 2.35. The second-order valence-corrected chi connectivity index (χ2v) is 8.30. The third-order valence-electron chi connectivity index (χ3n) is 6.00. The molecule has 2 heterocycles. The zero-order valence-corrected chi connectivity index (χ0v) is 19.5. The van der Waals surface area contributed by atoms with Gasteiger partial charge in [-0.15, -0.1) is 0 Å². The maximum Gasteiger partial charge on any atom is 0.282 e. The van der Waals surface area contributed by atoms with Crippen molar-refractivity contribution in [3.8, 4) is 11.5 Å². The van der Waals surface area contributed by atoms with Crippen LogP contribution in [-0.2, 0) is 4.79 Å². The van der Waals surface area contributed by atoms with Crippen molar-refractivity contribution in [2.24, 2.45) is 0 Å². The van der Waals surface area contributed by atoms with Crippen LogP contribution in [0.2, 0.25) is 0 Å². The second kappa shape index (κ2) is 9.94. The Kier molecular flexibility index (Phi) is 6.38. The summed E-state index contributed by atoms with van der Waals surface area (Å²) in [5.41, 5.74) is 0.543. The number of nitro groups is 1. The van der Waals surface area contributed by atoms with Gasteiger partial charge >= 0.3 is 0 Å². The number of imide groups is 1. The van der Waals surface area contributed by atoms with E-state index in [1.807, 2.05) is 36.4 Å². The Morgan fingerprint density at radius 2 is 1.73 bits per heavy atom. The van der Waals surface area contributed by atoms with E-state index < -0.39 is 34.9 Å². The maximum atomic E-state index is 13.5. The van der Waals surface area contributed by atoms with Gasteiger partial charge in [0, 0.05) is 24.4 Å². The topological polar surface area (TPSA) is 119 Å². The number of anilines is 1. The van der Waals surface area contributed by atoms with Crippen LogP contribution in [0.3, 0.4) is 0 Å². The van der Waals surface area contributed by atoms with Crippen molar-refractivity contribution in [1.82, 2.24) is 4.90 Å². The van der Waals surface area contributed by atoms with Crippen LogP contribution in [0.4, 0.5) is 11.4 Å². The Hall–Kier alpha value is -4.99. The molecule has 0 bridgehead atoms. The van der Waals surface area contributed by atoms with E-state index in [0.717, 1.165) is 16.5 Å². The fraction of sp³-hybridized carbons (Fsp3) is 0.148. The minimum atomic E-state index is -0.873. The lowest BCUT2D eigenvalue weighted by Crippen LogP contribution is -2.43. The fourth-order valence-electron chi connectivity index (χ4n) is 4.24. The fourth-order valence-corrected chi connectivity index (χ4v) is 4.24. The molecule has 0 radical (unpaired) electrons. The normalized spacial score (nSPS) is 14.1. The van der Waals surface area contributed by atoms with Gasteiger partial charge in [0.1, 0.15) is 25.3 Å².